The van der Waals surface area contributed by atoms with Crippen molar-refractivity contribution in [3.63, 3.8) is 0 Å². The Hall–Kier alpha value is -2.99. The minimum absolute atomic E-state index is 0.145. The van der Waals surface area contributed by atoms with E-state index in [2.05, 4.69) is 47.1 Å². The van der Waals surface area contributed by atoms with Gasteiger partial charge in [-0.2, -0.15) is 4.98 Å². The van der Waals surface area contributed by atoms with E-state index in [0.29, 0.717) is 11.7 Å². The second-order valence-electron chi connectivity index (χ2n) is 8.43. The Kier molecular flexibility index (Phi) is 6.47. The molecule has 6 nitrogen and oxygen atoms in total. The van der Waals surface area contributed by atoms with E-state index in [4.69, 9.17) is 4.52 Å². The van der Waals surface area contributed by atoms with E-state index in [-0.39, 0.29) is 5.91 Å². The van der Waals surface area contributed by atoms with E-state index in [9.17, 15) is 4.79 Å². The zero-order chi connectivity index (χ0) is 21.8. The first-order valence-corrected chi connectivity index (χ1v) is 11.0. The summed E-state index contributed by atoms with van der Waals surface area (Å²) in [5.41, 5.74) is 5.25. The molecule has 31 heavy (non-hydrogen) atoms. The van der Waals surface area contributed by atoms with Crippen LogP contribution in [-0.2, 0) is 6.42 Å². The smallest absolute Gasteiger partial charge is 0.254 e. The number of carbonyl (C=O) groups is 1. The summed E-state index contributed by atoms with van der Waals surface area (Å²) >= 11 is 0. The van der Waals surface area contributed by atoms with Crippen molar-refractivity contribution in [2.24, 2.45) is 0 Å². The van der Waals surface area contributed by atoms with E-state index in [1.54, 1.807) is 0 Å². The minimum Gasteiger partial charge on any atom is -0.339 e. The van der Waals surface area contributed by atoms with Gasteiger partial charge < -0.3 is 9.42 Å². The van der Waals surface area contributed by atoms with Crippen LogP contribution in [0, 0.1) is 20.8 Å². The van der Waals surface area contributed by atoms with Crippen LogP contribution in [0.15, 0.2) is 47.0 Å². The molecule has 0 atom stereocenters. The summed E-state index contributed by atoms with van der Waals surface area (Å²) in [6.45, 7) is 10.4. The third kappa shape index (κ3) is 5.20. The largest absolute Gasteiger partial charge is 0.339 e. The molecule has 1 amide bonds. The van der Waals surface area contributed by atoms with Crippen molar-refractivity contribution in [3.05, 3.63) is 70.6 Å². The fourth-order valence-electron chi connectivity index (χ4n) is 4.03. The van der Waals surface area contributed by atoms with Crippen molar-refractivity contribution >= 4 is 5.91 Å². The van der Waals surface area contributed by atoms with Gasteiger partial charge in [0.05, 0.1) is 0 Å². The van der Waals surface area contributed by atoms with Crippen LogP contribution < -0.4 is 0 Å². The SMILES string of the molecule is Cc1ccc(-c2noc(CCCN3CCN(C(=O)c4ccc(C)cc4C)CC3)n2)cc1. The Morgan fingerprint density at radius 3 is 2.39 bits per heavy atom. The van der Waals surface area contributed by atoms with E-state index < -0.39 is 0 Å². The van der Waals surface area contributed by atoms with E-state index in [0.717, 1.165) is 62.3 Å². The Balaban J connectivity index is 1.23. The predicted octanol–water partition coefficient (Wildman–Crippen LogP) is 4.05. The highest BCUT2D eigenvalue weighted by Gasteiger charge is 2.23. The number of nitrogens with zero attached hydrogens (tertiary/aromatic N) is 4. The van der Waals surface area contributed by atoms with Gasteiger partial charge in [-0.05, 0) is 45.4 Å². The van der Waals surface area contributed by atoms with E-state index in [1.807, 2.05) is 36.1 Å². The van der Waals surface area contributed by atoms with Gasteiger partial charge in [0.25, 0.3) is 5.91 Å². The molecular weight excluding hydrogens is 388 g/mol. The number of hydrogen-bond acceptors (Lipinski definition) is 5. The number of aromatic nitrogens is 2. The molecule has 1 aliphatic rings. The Morgan fingerprint density at radius 1 is 0.968 bits per heavy atom. The lowest BCUT2D eigenvalue weighted by molar-refractivity contribution is 0.0635. The summed E-state index contributed by atoms with van der Waals surface area (Å²) in [4.78, 5) is 21.8. The molecule has 6 heteroatoms. The van der Waals surface area contributed by atoms with Crippen molar-refractivity contribution in [2.75, 3.05) is 32.7 Å². The lowest BCUT2D eigenvalue weighted by Gasteiger charge is -2.35. The molecule has 0 unspecified atom stereocenters. The second kappa shape index (κ2) is 9.43. The highest BCUT2D eigenvalue weighted by atomic mass is 16.5. The molecule has 1 fully saturated rings. The monoisotopic (exact) mass is 418 g/mol. The molecule has 1 aromatic heterocycles. The van der Waals surface area contributed by atoms with Gasteiger partial charge in [-0.3, -0.25) is 9.69 Å². The van der Waals surface area contributed by atoms with Crippen molar-refractivity contribution < 1.29 is 9.32 Å². The van der Waals surface area contributed by atoms with E-state index >= 15 is 0 Å². The number of amides is 1. The van der Waals surface area contributed by atoms with Crippen LogP contribution in [0.3, 0.4) is 0 Å². The van der Waals surface area contributed by atoms with Crippen molar-refractivity contribution in [2.45, 2.75) is 33.6 Å². The summed E-state index contributed by atoms with van der Waals surface area (Å²) in [5, 5.41) is 4.11. The van der Waals surface area contributed by atoms with Gasteiger partial charge in [0.2, 0.25) is 11.7 Å². The van der Waals surface area contributed by atoms with Gasteiger partial charge in [0, 0.05) is 43.7 Å². The molecule has 0 aliphatic carbocycles. The number of benzene rings is 2. The molecule has 0 N–H and O–H groups in total. The topological polar surface area (TPSA) is 62.5 Å². The van der Waals surface area contributed by atoms with E-state index in [1.165, 1.54) is 11.1 Å². The lowest BCUT2D eigenvalue weighted by Crippen LogP contribution is -2.49. The number of piperazine rings is 1. The molecule has 1 saturated heterocycles. The van der Waals surface area contributed by atoms with Crippen LogP contribution in [0.5, 0.6) is 0 Å². The number of rotatable bonds is 6. The average Bonchev–Trinajstić information content (AvgIpc) is 3.23. The summed E-state index contributed by atoms with van der Waals surface area (Å²) in [6, 6.07) is 14.2. The minimum atomic E-state index is 0.145. The van der Waals surface area contributed by atoms with Crippen LogP contribution in [0.1, 0.15) is 39.4 Å². The first-order chi connectivity index (χ1) is 15.0. The maximum absolute atomic E-state index is 12.9. The van der Waals surface area contributed by atoms with Gasteiger partial charge in [-0.25, -0.2) is 0 Å². The zero-order valence-corrected chi connectivity index (χ0v) is 18.6. The molecule has 0 radical (unpaired) electrons. The number of hydrogen-bond donors (Lipinski definition) is 0. The Bertz CT molecular complexity index is 1030. The summed E-state index contributed by atoms with van der Waals surface area (Å²) in [5.74, 6) is 1.47. The van der Waals surface area contributed by atoms with Crippen molar-refractivity contribution in [1.82, 2.24) is 19.9 Å². The fourth-order valence-corrected chi connectivity index (χ4v) is 4.03. The quantitative estimate of drug-likeness (QED) is 0.604. The van der Waals surface area contributed by atoms with Gasteiger partial charge in [-0.15, -0.1) is 0 Å². The molecule has 2 heterocycles. The molecule has 3 aromatic rings. The third-order valence-electron chi connectivity index (χ3n) is 5.91. The first kappa shape index (κ1) is 21.2. The van der Waals surface area contributed by atoms with Crippen molar-refractivity contribution in [3.8, 4) is 11.4 Å². The summed E-state index contributed by atoms with van der Waals surface area (Å²) in [7, 11) is 0. The van der Waals surface area contributed by atoms with Crippen LogP contribution in [0.25, 0.3) is 11.4 Å². The maximum atomic E-state index is 12.9. The Labute approximate surface area is 183 Å². The molecule has 2 aromatic carbocycles. The second-order valence-corrected chi connectivity index (χ2v) is 8.43. The fraction of sp³-hybridized carbons (Fsp3) is 0.400. The highest BCUT2D eigenvalue weighted by molar-refractivity contribution is 5.95. The standard InChI is InChI=1S/C25H30N4O2/c1-18-6-9-21(10-7-18)24-26-23(31-27-24)5-4-12-28-13-15-29(16-14-28)25(30)22-11-8-19(2)17-20(22)3/h6-11,17H,4-5,12-16H2,1-3H3. The van der Waals surface area contributed by atoms with Crippen molar-refractivity contribution in [1.29, 1.82) is 0 Å². The molecule has 4 rings (SSSR count). The zero-order valence-electron chi connectivity index (χ0n) is 18.6. The molecular formula is C25H30N4O2. The number of aryl methyl sites for hydroxylation is 4. The molecule has 0 saturated carbocycles. The van der Waals surface area contributed by atoms with Gasteiger partial charge in [0.1, 0.15) is 0 Å². The van der Waals surface area contributed by atoms with Gasteiger partial charge in [0.15, 0.2) is 0 Å². The highest BCUT2D eigenvalue weighted by Crippen LogP contribution is 2.18. The Morgan fingerprint density at radius 2 is 1.68 bits per heavy atom. The lowest BCUT2D eigenvalue weighted by atomic mass is 10.0. The molecule has 1 aliphatic heterocycles. The third-order valence-corrected chi connectivity index (χ3v) is 5.91. The molecule has 0 bridgehead atoms. The first-order valence-electron chi connectivity index (χ1n) is 11.0. The summed E-state index contributed by atoms with van der Waals surface area (Å²) in [6.07, 6.45) is 1.72. The maximum Gasteiger partial charge on any atom is 0.254 e. The normalized spacial score (nSPS) is 14.7. The average molecular weight is 419 g/mol. The van der Waals surface area contributed by atoms with Gasteiger partial charge >= 0.3 is 0 Å². The summed E-state index contributed by atoms with van der Waals surface area (Å²) < 4.78 is 5.42. The van der Waals surface area contributed by atoms with Crippen LogP contribution >= 0.6 is 0 Å². The number of carbonyl (C=O) groups excluding carboxylic acids is 1. The van der Waals surface area contributed by atoms with Gasteiger partial charge in [-0.1, -0.05) is 52.7 Å². The van der Waals surface area contributed by atoms with Crippen LogP contribution in [0.4, 0.5) is 0 Å². The van der Waals surface area contributed by atoms with Crippen LogP contribution in [-0.4, -0.2) is 58.6 Å². The molecule has 162 valence electrons. The molecule has 0 spiro atoms. The van der Waals surface area contributed by atoms with Crippen LogP contribution in [0.2, 0.25) is 0 Å². The predicted molar refractivity (Wildman–Crippen MR) is 121 cm³/mol.